The van der Waals surface area contributed by atoms with Crippen LogP contribution in [0.25, 0.3) is 11.1 Å². The van der Waals surface area contributed by atoms with Crippen molar-refractivity contribution in [3.8, 4) is 11.1 Å². The summed E-state index contributed by atoms with van der Waals surface area (Å²) in [5, 5.41) is 2.79. The van der Waals surface area contributed by atoms with Crippen molar-refractivity contribution in [2.24, 2.45) is 5.92 Å². The number of hydrogen-bond acceptors (Lipinski definition) is 7. The van der Waals surface area contributed by atoms with Gasteiger partial charge < -0.3 is 20.0 Å². The molecular formula is C33H44ClN7O4. The number of amides is 4. The monoisotopic (exact) mass is 637 g/mol. The highest BCUT2D eigenvalue weighted by atomic mass is 35.5. The second-order valence-electron chi connectivity index (χ2n) is 12.2. The third-order valence-corrected chi connectivity index (χ3v) is 9.45. The van der Waals surface area contributed by atoms with E-state index in [1.165, 1.54) is 5.56 Å². The molecule has 242 valence electrons. The number of alkyl halides is 1. The van der Waals surface area contributed by atoms with Crippen LogP contribution in [0.2, 0.25) is 0 Å². The van der Waals surface area contributed by atoms with Crippen LogP contribution >= 0.6 is 11.6 Å². The Morgan fingerprint density at radius 1 is 0.911 bits per heavy atom. The minimum Gasteiger partial charge on any atom is -0.342 e. The zero-order valence-electron chi connectivity index (χ0n) is 26.1. The molecule has 0 unspecified atom stereocenters. The summed E-state index contributed by atoms with van der Waals surface area (Å²) in [6, 6.07) is 9.96. The van der Waals surface area contributed by atoms with Gasteiger partial charge in [-0.05, 0) is 55.5 Å². The van der Waals surface area contributed by atoms with Crippen LogP contribution in [0.5, 0.6) is 0 Å². The Bertz CT molecular complexity index is 1350. The Balaban J connectivity index is 1.11. The first-order valence-corrected chi connectivity index (χ1v) is 16.6. The molecule has 3 saturated heterocycles. The Morgan fingerprint density at radius 2 is 1.62 bits per heavy atom. The molecule has 3 aliphatic rings. The van der Waals surface area contributed by atoms with Crippen LogP contribution in [-0.2, 0) is 20.8 Å². The standard InChI is InChI=1S/C33H44ClN7O4/c1-2-25-4-3-5-27(18-25)28-19-29(36-30(43)20-34)32(35-21-28)33(45)41-16-10-38(11-17-41)22-26-6-8-37(9-7-26)23-31(44)40-14-12-39(24-42)13-15-40/h3-5,18-19,21,24,26H,2,6-17,20,22-23H2,1H3,(H,36,43). The predicted molar refractivity (Wildman–Crippen MR) is 174 cm³/mol. The lowest BCUT2D eigenvalue weighted by Gasteiger charge is -2.39. The average Bonchev–Trinajstić information content (AvgIpc) is 3.09. The highest BCUT2D eigenvalue weighted by molar-refractivity contribution is 6.29. The fourth-order valence-electron chi connectivity index (χ4n) is 6.39. The summed E-state index contributed by atoms with van der Waals surface area (Å²) in [4.78, 5) is 64.1. The molecule has 1 N–H and O–H groups in total. The number of pyridine rings is 1. The van der Waals surface area contributed by atoms with Gasteiger partial charge in [0, 0.05) is 70.7 Å². The maximum absolute atomic E-state index is 13.6. The summed E-state index contributed by atoms with van der Waals surface area (Å²) in [5.41, 5.74) is 3.59. The molecule has 0 bridgehead atoms. The van der Waals surface area contributed by atoms with Gasteiger partial charge in [0.2, 0.25) is 18.2 Å². The molecule has 0 saturated carbocycles. The molecule has 1 aromatic heterocycles. The van der Waals surface area contributed by atoms with Gasteiger partial charge >= 0.3 is 0 Å². The van der Waals surface area contributed by atoms with Gasteiger partial charge in [-0.3, -0.25) is 29.0 Å². The Hall–Kier alpha value is -3.54. The highest BCUT2D eigenvalue weighted by Crippen LogP contribution is 2.27. The number of aromatic nitrogens is 1. The number of halogens is 1. The fraction of sp³-hybridized carbons (Fsp3) is 0.545. The Labute approximate surface area is 270 Å². The quantitative estimate of drug-likeness (QED) is 0.314. The van der Waals surface area contributed by atoms with E-state index < -0.39 is 0 Å². The van der Waals surface area contributed by atoms with E-state index in [-0.39, 0.29) is 29.3 Å². The first-order valence-electron chi connectivity index (χ1n) is 16.0. The number of nitrogens with one attached hydrogen (secondary N) is 1. The minimum atomic E-state index is -0.385. The number of rotatable bonds is 10. The van der Waals surface area contributed by atoms with E-state index in [1.807, 2.05) is 28.0 Å². The van der Waals surface area contributed by atoms with Gasteiger partial charge in [-0.2, -0.15) is 0 Å². The number of piperazine rings is 2. The molecular weight excluding hydrogens is 594 g/mol. The molecule has 0 aliphatic carbocycles. The molecule has 11 nitrogen and oxygen atoms in total. The van der Waals surface area contributed by atoms with Crippen molar-refractivity contribution in [2.75, 3.05) is 89.7 Å². The minimum absolute atomic E-state index is 0.153. The maximum atomic E-state index is 13.6. The SMILES string of the molecule is CCc1cccc(-c2cnc(C(=O)N3CCN(CC4CCN(CC(=O)N5CCN(C=O)CC5)CC4)CC3)c(NC(=O)CCl)c2)c1. The molecule has 2 aromatic rings. The van der Waals surface area contributed by atoms with Crippen LogP contribution < -0.4 is 5.32 Å². The van der Waals surface area contributed by atoms with Crippen LogP contribution in [0.15, 0.2) is 36.5 Å². The lowest BCUT2D eigenvalue weighted by molar-refractivity contribution is -0.136. The number of anilines is 1. The summed E-state index contributed by atoms with van der Waals surface area (Å²) in [5.74, 6) is -0.0762. The third kappa shape index (κ3) is 8.59. The zero-order chi connectivity index (χ0) is 31.8. The first-order chi connectivity index (χ1) is 21.9. The van der Waals surface area contributed by atoms with Gasteiger partial charge in [0.25, 0.3) is 5.91 Å². The van der Waals surface area contributed by atoms with Crippen LogP contribution in [-0.4, -0.2) is 138 Å². The van der Waals surface area contributed by atoms with E-state index in [2.05, 4.69) is 39.2 Å². The van der Waals surface area contributed by atoms with E-state index in [0.717, 1.165) is 69.5 Å². The highest BCUT2D eigenvalue weighted by Gasteiger charge is 2.29. The molecule has 12 heteroatoms. The number of piperidine rings is 1. The molecule has 1 aromatic carbocycles. The molecule has 0 atom stereocenters. The maximum Gasteiger partial charge on any atom is 0.274 e. The van der Waals surface area contributed by atoms with Crippen LogP contribution in [0.3, 0.4) is 0 Å². The molecule has 4 amide bonds. The molecule has 0 spiro atoms. The number of carbonyl (C=O) groups excluding carboxylic acids is 4. The van der Waals surface area contributed by atoms with E-state index in [4.69, 9.17) is 11.6 Å². The normalized spacial score (nSPS) is 18.6. The van der Waals surface area contributed by atoms with E-state index in [0.29, 0.717) is 57.4 Å². The number of hydrogen-bond donors (Lipinski definition) is 1. The van der Waals surface area contributed by atoms with Crippen LogP contribution in [0.4, 0.5) is 5.69 Å². The van der Waals surface area contributed by atoms with E-state index in [1.54, 1.807) is 11.1 Å². The van der Waals surface area contributed by atoms with Gasteiger partial charge in [-0.1, -0.05) is 31.2 Å². The van der Waals surface area contributed by atoms with Crippen molar-refractivity contribution in [1.82, 2.24) is 29.5 Å². The lowest BCUT2D eigenvalue weighted by Crippen LogP contribution is -2.52. The van der Waals surface area contributed by atoms with Gasteiger partial charge in [-0.15, -0.1) is 11.6 Å². The molecule has 45 heavy (non-hydrogen) atoms. The van der Waals surface area contributed by atoms with Crippen molar-refractivity contribution in [3.05, 3.63) is 47.8 Å². The smallest absolute Gasteiger partial charge is 0.274 e. The van der Waals surface area contributed by atoms with Crippen molar-refractivity contribution in [2.45, 2.75) is 26.2 Å². The van der Waals surface area contributed by atoms with E-state index >= 15 is 0 Å². The molecule has 5 rings (SSSR count). The molecule has 4 heterocycles. The summed E-state index contributed by atoms with van der Waals surface area (Å²) in [6.07, 6.45) is 5.55. The molecule has 3 fully saturated rings. The molecule has 0 radical (unpaired) electrons. The van der Waals surface area contributed by atoms with Crippen molar-refractivity contribution < 1.29 is 19.2 Å². The summed E-state index contributed by atoms with van der Waals surface area (Å²) in [7, 11) is 0. The largest absolute Gasteiger partial charge is 0.342 e. The summed E-state index contributed by atoms with van der Waals surface area (Å²) in [6.45, 7) is 10.5. The number of aryl methyl sites for hydroxylation is 1. The lowest BCUT2D eigenvalue weighted by atomic mass is 9.96. The fourth-order valence-corrected chi connectivity index (χ4v) is 6.45. The van der Waals surface area contributed by atoms with Crippen LogP contribution in [0, 0.1) is 5.92 Å². The number of benzene rings is 1. The van der Waals surface area contributed by atoms with Gasteiger partial charge in [0.05, 0.1) is 12.2 Å². The van der Waals surface area contributed by atoms with E-state index in [9.17, 15) is 19.2 Å². The van der Waals surface area contributed by atoms with Gasteiger partial charge in [-0.25, -0.2) is 4.98 Å². The van der Waals surface area contributed by atoms with Crippen molar-refractivity contribution in [3.63, 3.8) is 0 Å². The molecule has 3 aliphatic heterocycles. The van der Waals surface area contributed by atoms with Gasteiger partial charge in [0.15, 0.2) is 5.69 Å². The van der Waals surface area contributed by atoms with Crippen molar-refractivity contribution >= 4 is 41.4 Å². The number of carbonyl (C=O) groups is 4. The van der Waals surface area contributed by atoms with Gasteiger partial charge in [0.1, 0.15) is 5.88 Å². The second kappa shape index (κ2) is 15.6. The second-order valence-corrected chi connectivity index (χ2v) is 12.5. The summed E-state index contributed by atoms with van der Waals surface area (Å²) >= 11 is 5.78. The number of nitrogens with zero attached hydrogens (tertiary/aromatic N) is 6. The Morgan fingerprint density at radius 3 is 2.29 bits per heavy atom. The number of likely N-dealkylation sites (tertiary alicyclic amines) is 1. The summed E-state index contributed by atoms with van der Waals surface area (Å²) < 4.78 is 0. The van der Waals surface area contributed by atoms with Crippen molar-refractivity contribution in [1.29, 1.82) is 0 Å². The Kier molecular flexibility index (Phi) is 11.4. The topological polar surface area (TPSA) is 109 Å². The average molecular weight is 638 g/mol. The van der Waals surface area contributed by atoms with Crippen LogP contribution in [0.1, 0.15) is 35.8 Å². The third-order valence-electron chi connectivity index (χ3n) is 9.21. The first kappa shape index (κ1) is 32.8. The predicted octanol–water partition coefficient (Wildman–Crippen LogP) is 2.26. The zero-order valence-corrected chi connectivity index (χ0v) is 26.9.